The van der Waals surface area contributed by atoms with Crippen LogP contribution in [0.15, 0.2) is 40.4 Å². The van der Waals surface area contributed by atoms with Gasteiger partial charge in [-0.05, 0) is 52.7 Å². The number of ketones is 1. The summed E-state index contributed by atoms with van der Waals surface area (Å²) in [6.07, 6.45) is 2.25. The van der Waals surface area contributed by atoms with E-state index in [1.165, 1.54) is 0 Å². The summed E-state index contributed by atoms with van der Waals surface area (Å²) in [5.41, 5.74) is 2.73. The lowest BCUT2D eigenvalue weighted by Crippen LogP contribution is -1.98. The van der Waals surface area contributed by atoms with Gasteiger partial charge in [0.25, 0.3) is 0 Å². The van der Waals surface area contributed by atoms with Gasteiger partial charge in [-0.25, -0.2) is 0 Å². The molecule has 0 fully saturated rings. The lowest BCUT2D eigenvalue weighted by molar-refractivity contribution is 0.104. The van der Waals surface area contributed by atoms with Crippen molar-refractivity contribution >= 4 is 27.8 Å². The van der Waals surface area contributed by atoms with Gasteiger partial charge in [-0.1, -0.05) is 12.1 Å². The van der Waals surface area contributed by atoms with Gasteiger partial charge >= 0.3 is 0 Å². The lowest BCUT2D eigenvalue weighted by Gasteiger charge is -2.12. The molecule has 0 atom stereocenters. The number of rotatable bonds is 4. The van der Waals surface area contributed by atoms with E-state index >= 15 is 0 Å². The zero-order valence-electron chi connectivity index (χ0n) is 13.4. The molecule has 0 unspecified atom stereocenters. The van der Waals surface area contributed by atoms with E-state index in [0.717, 1.165) is 10.0 Å². The fourth-order valence-corrected chi connectivity index (χ4v) is 3.49. The number of phenols is 1. The van der Waals surface area contributed by atoms with Crippen molar-refractivity contribution < 1.29 is 19.4 Å². The number of carbonyl (C=O) groups is 1. The highest BCUT2D eigenvalue weighted by Gasteiger charge is 2.27. The second kappa shape index (κ2) is 6.69. The van der Waals surface area contributed by atoms with Gasteiger partial charge in [-0.15, -0.1) is 0 Å². The van der Waals surface area contributed by atoms with E-state index in [-0.39, 0.29) is 11.5 Å². The van der Waals surface area contributed by atoms with Gasteiger partial charge in [0.05, 0.1) is 18.2 Å². The summed E-state index contributed by atoms with van der Waals surface area (Å²) in [4.78, 5) is 12.5. The van der Waals surface area contributed by atoms with Crippen LogP contribution in [-0.2, 0) is 6.42 Å². The number of halogens is 1. The number of fused-ring (bicyclic) bond motifs is 1. The van der Waals surface area contributed by atoms with Crippen molar-refractivity contribution in [2.75, 3.05) is 13.7 Å². The summed E-state index contributed by atoms with van der Waals surface area (Å²) in [5, 5.41) is 9.94. The first-order valence-corrected chi connectivity index (χ1v) is 8.41. The predicted octanol–water partition coefficient (Wildman–Crippen LogP) is 4.38. The Labute approximate surface area is 148 Å². The molecule has 0 heterocycles. The Morgan fingerprint density at radius 3 is 2.79 bits per heavy atom. The molecule has 2 aromatic rings. The molecule has 1 aliphatic rings. The molecular weight excluding hydrogens is 372 g/mol. The molecule has 1 aliphatic carbocycles. The Balaban J connectivity index is 2.01. The van der Waals surface area contributed by atoms with Crippen LogP contribution < -0.4 is 9.47 Å². The molecule has 3 rings (SSSR count). The second-order valence-corrected chi connectivity index (χ2v) is 6.30. The Hall–Kier alpha value is -2.27. The van der Waals surface area contributed by atoms with Gasteiger partial charge in [0, 0.05) is 23.1 Å². The summed E-state index contributed by atoms with van der Waals surface area (Å²) in [5.74, 6) is 1.35. The molecule has 0 saturated carbocycles. The number of hydrogen-bond acceptors (Lipinski definition) is 4. The average molecular weight is 389 g/mol. The number of ether oxygens (including phenoxy) is 2. The fourth-order valence-electron chi connectivity index (χ4n) is 2.87. The molecule has 0 aliphatic heterocycles. The van der Waals surface area contributed by atoms with Crippen LogP contribution in [0, 0.1) is 0 Å². The fraction of sp³-hybridized carbons (Fsp3) is 0.211. The molecule has 5 heteroatoms. The summed E-state index contributed by atoms with van der Waals surface area (Å²) in [6.45, 7) is 2.42. The van der Waals surface area contributed by atoms with Gasteiger partial charge in [-0.2, -0.15) is 0 Å². The Kier molecular flexibility index (Phi) is 4.62. The maximum atomic E-state index is 12.5. The Morgan fingerprint density at radius 2 is 2.12 bits per heavy atom. The van der Waals surface area contributed by atoms with Crippen LogP contribution in [-0.4, -0.2) is 24.6 Å². The summed E-state index contributed by atoms with van der Waals surface area (Å²) in [7, 11) is 1.58. The van der Waals surface area contributed by atoms with E-state index in [0.29, 0.717) is 41.2 Å². The highest BCUT2D eigenvalue weighted by molar-refractivity contribution is 9.10. The van der Waals surface area contributed by atoms with Gasteiger partial charge in [-0.3, -0.25) is 4.79 Å². The van der Waals surface area contributed by atoms with Gasteiger partial charge in [0.2, 0.25) is 0 Å². The summed E-state index contributed by atoms with van der Waals surface area (Å²) < 4.78 is 11.7. The highest BCUT2D eigenvalue weighted by atomic mass is 79.9. The number of Topliss-reactive ketones (excluding diaryl/α,β-unsaturated/α-hetero) is 1. The van der Waals surface area contributed by atoms with E-state index in [2.05, 4.69) is 15.9 Å². The molecule has 0 spiro atoms. The number of allylic oxidation sites excluding steroid dienone is 1. The first-order chi connectivity index (χ1) is 11.5. The van der Waals surface area contributed by atoms with Crippen LogP contribution in [0.25, 0.3) is 6.08 Å². The second-order valence-electron chi connectivity index (χ2n) is 5.45. The topological polar surface area (TPSA) is 55.8 Å². The standard InChI is InChI=1S/C19H17BrO4/c1-3-24-17-9-11(8-15(20)19(17)23-2)7-12-10-14-13(18(12)22)5-4-6-16(14)21/h4-9,21H,3,10H2,1-2H3/b12-7-. The van der Waals surface area contributed by atoms with Crippen molar-refractivity contribution in [3.05, 3.63) is 57.1 Å². The van der Waals surface area contributed by atoms with Crippen LogP contribution in [0.3, 0.4) is 0 Å². The molecule has 1 N–H and O–H groups in total. The van der Waals surface area contributed by atoms with E-state index in [4.69, 9.17) is 9.47 Å². The van der Waals surface area contributed by atoms with Crippen molar-refractivity contribution in [2.24, 2.45) is 0 Å². The minimum Gasteiger partial charge on any atom is -0.508 e. The van der Waals surface area contributed by atoms with Crippen molar-refractivity contribution in [1.82, 2.24) is 0 Å². The number of methoxy groups -OCH3 is 1. The van der Waals surface area contributed by atoms with E-state index in [1.807, 2.05) is 25.1 Å². The molecular formula is C19H17BrO4. The van der Waals surface area contributed by atoms with Crippen LogP contribution in [0.4, 0.5) is 0 Å². The highest BCUT2D eigenvalue weighted by Crippen LogP contribution is 2.38. The third kappa shape index (κ3) is 2.91. The SMILES string of the molecule is CCOc1cc(/C=C2/Cc3c(O)cccc3C2=O)cc(Br)c1OC. The summed E-state index contributed by atoms with van der Waals surface area (Å²) >= 11 is 3.47. The lowest BCUT2D eigenvalue weighted by atomic mass is 10.1. The molecule has 0 radical (unpaired) electrons. The number of phenolic OH excluding ortho intramolecular Hbond substituents is 1. The molecule has 0 saturated heterocycles. The van der Waals surface area contributed by atoms with Gasteiger partial charge in [0.15, 0.2) is 17.3 Å². The smallest absolute Gasteiger partial charge is 0.189 e. The number of hydrogen-bond donors (Lipinski definition) is 1. The normalized spacial score (nSPS) is 14.8. The quantitative estimate of drug-likeness (QED) is 0.789. The third-order valence-corrected chi connectivity index (χ3v) is 4.52. The average Bonchev–Trinajstić information content (AvgIpc) is 2.86. The maximum absolute atomic E-state index is 12.5. The first-order valence-electron chi connectivity index (χ1n) is 7.61. The number of aromatic hydroxyl groups is 1. The van der Waals surface area contributed by atoms with Crippen LogP contribution in [0.1, 0.15) is 28.4 Å². The molecule has 4 nitrogen and oxygen atoms in total. The van der Waals surface area contributed by atoms with Gasteiger partial charge in [0.1, 0.15) is 5.75 Å². The first kappa shape index (κ1) is 16.6. The monoisotopic (exact) mass is 388 g/mol. The van der Waals surface area contributed by atoms with Crippen molar-refractivity contribution in [3.63, 3.8) is 0 Å². The van der Waals surface area contributed by atoms with Crippen molar-refractivity contribution in [2.45, 2.75) is 13.3 Å². The molecule has 0 amide bonds. The molecule has 0 aromatic heterocycles. The largest absolute Gasteiger partial charge is 0.508 e. The third-order valence-electron chi connectivity index (χ3n) is 3.93. The minimum absolute atomic E-state index is 0.0502. The predicted molar refractivity (Wildman–Crippen MR) is 96.0 cm³/mol. The Bertz CT molecular complexity index is 840. The summed E-state index contributed by atoms with van der Waals surface area (Å²) in [6, 6.07) is 8.76. The van der Waals surface area contributed by atoms with Gasteiger partial charge < -0.3 is 14.6 Å². The van der Waals surface area contributed by atoms with Crippen molar-refractivity contribution in [1.29, 1.82) is 0 Å². The molecule has 24 heavy (non-hydrogen) atoms. The number of benzene rings is 2. The molecule has 2 aromatic carbocycles. The van der Waals surface area contributed by atoms with Crippen LogP contribution in [0.2, 0.25) is 0 Å². The zero-order valence-corrected chi connectivity index (χ0v) is 15.0. The Morgan fingerprint density at radius 1 is 1.33 bits per heavy atom. The van der Waals surface area contributed by atoms with Crippen LogP contribution in [0.5, 0.6) is 17.2 Å². The van der Waals surface area contributed by atoms with Crippen LogP contribution >= 0.6 is 15.9 Å². The molecule has 0 bridgehead atoms. The van der Waals surface area contributed by atoms with E-state index in [1.54, 1.807) is 25.3 Å². The maximum Gasteiger partial charge on any atom is 0.189 e. The minimum atomic E-state index is -0.0502. The van der Waals surface area contributed by atoms with E-state index < -0.39 is 0 Å². The van der Waals surface area contributed by atoms with Crippen molar-refractivity contribution in [3.8, 4) is 17.2 Å². The zero-order chi connectivity index (χ0) is 17.3. The van der Waals surface area contributed by atoms with E-state index in [9.17, 15) is 9.90 Å². The number of carbonyl (C=O) groups excluding carboxylic acids is 1. The molecule has 124 valence electrons.